The van der Waals surface area contributed by atoms with E-state index < -0.39 is 0 Å². The summed E-state index contributed by atoms with van der Waals surface area (Å²) in [6.07, 6.45) is 1.64. The van der Waals surface area contributed by atoms with Crippen molar-refractivity contribution in [3.8, 4) is 5.69 Å². The summed E-state index contributed by atoms with van der Waals surface area (Å²) in [6.45, 7) is 7.01. The van der Waals surface area contributed by atoms with Crippen LogP contribution in [0.4, 0.5) is 5.69 Å². The van der Waals surface area contributed by atoms with Crippen LogP contribution in [0.5, 0.6) is 0 Å². The van der Waals surface area contributed by atoms with Crippen LogP contribution in [0.2, 0.25) is 0 Å². The van der Waals surface area contributed by atoms with E-state index in [0.29, 0.717) is 35.6 Å². The van der Waals surface area contributed by atoms with Crippen LogP contribution in [0.1, 0.15) is 40.3 Å². The quantitative estimate of drug-likeness (QED) is 0.675. The summed E-state index contributed by atoms with van der Waals surface area (Å²) in [5.41, 5.74) is 2.91. The number of carbonyl (C=O) groups is 2. The lowest BCUT2D eigenvalue weighted by molar-refractivity contribution is 0.0773. The van der Waals surface area contributed by atoms with Crippen molar-refractivity contribution in [3.63, 3.8) is 0 Å². The molecule has 0 unspecified atom stereocenters. The fourth-order valence-corrected chi connectivity index (χ4v) is 3.13. The van der Waals surface area contributed by atoms with Gasteiger partial charge in [-0.25, -0.2) is 4.79 Å². The second kappa shape index (κ2) is 8.60. The van der Waals surface area contributed by atoms with Crippen LogP contribution in [-0.4, -0.2) is 39.4 Å². The summed E-state index contributed by atoms with van der Waals surface area (Å²) in [4.78, 5) is 41.1. The molecule has 2 N–H and O–H groups in total. The number of hydrogen-bond donors (Lipinski definition) is 2. The van der Waals surface area contributed by atoms with E-state index in [-0.39, 0.29) is 17.5 Å². The van der Waals surface area contributed by atoms with Crippen LogP contribution in [0.3, 0.4) is 0 Å². The number of rotatable bonds is 6. The maximum Gasteiger partial charge on any atom is 0.330 e. The number of H-pyrrole nitrogens is 1. The van der Waals surface area contributed by atoms with Crippen LogP contribution < -0.4 is 11.0 Å². The van der Waals surface area contributed by atoms with E-state index in [4.69, 9.17) is 0 Å². The molecule has 7 heteroatoms. The molecule has 1 heterocycles. The first-order valence-electron chi connectivity index (χ1n) is 9.52. The van der Waals surface area contributed by atoms with E-state index in [0.717, 1.165) is 5.69 Å². The van der Waals surface area contributed by atoms with Gasteiger partial charge in [-0.15, -0.1) is 0 Å². The average Bonchev–Trinajstić information content (AvgIpc) is 3.07. The number of carbonyl (C=O) groups excluding carboxylic acids is 2. The molecule has 2 aromatic carbocycles. The molecule has 0 aliphatic rings. The molecule has 1 aromatic heterocycles. The second-order valence-corrected chi connectivity index (χ2v) is 6.63. The molecule has 0 bridgehead atoms. The maximum atomic E-state index is 12.5. The number of aryl methyl sites for hydroxylation is 1. The van der Waals surface area contributed by atoms with Gasteiger partial charge in [0, 0.05) is 41.8 Å². The first-order valence-corrected chi connectivity index (χ1v) is 9.52. The largest absolute Gasteiger partial charge is 0.339 e. The Morgan fingerprint density at radius 1 is 0.966 bits per heavy atom. The van der Waals surface area contributed by atoms with E-state index >= 15 is 0 Å². The Hall–Kier alpha value is -3.61. The minimum absolute atomic E-state index is 0.0289. The molecule has 3 aromatic rings. The Balaban J connectivity index is 1.70. The summed E-state index contributed by atoms with van der Waals surface area (Å²) in [5.74, 6) is -0.295. The maximum absolute atomic E-state index is 12.5. The molecule has 0 aliphatic carbocycles. The van der Waals surface area contributed by atoms with Gasteiger partial charge in [0.25, 0.3) is 11.8 Å². The smallest absolute Gasteiger partial charge is 0.330 e. The molecule has 7 nitrogen and oxygen atoms in total. The lowest BCUT2D eigenvalue weighted by atomic mass is 10.1. The lowest BCUT2D eigenvalue weighted by Crippen LogP contribution is -2.30. The zero-order valence-electron chi connectivity index (χ0n) is 16.7. The molecule has 150 valence electrons. The van der Waals surface area contributed by atoms with Gasteiger partial charge in [0.15, 0.2) is 0 Å². The Morgan fingerprint density at radius 2 is 1.55 bits per heavy atom. The average molecular weight is 392 g/mol. The topological polar surface area (TPSA) is 87.2 Å². The van der Waals surface area contributed by atoms with Crippen molar-refractivity contribution in [2.45, 2.75) is 20.8 Å². The third-order valence-electron chi connectivity index (χ3n) is 4.79. The molecule has 0 saturated heterocycles. The number of benzene rings is 2. The molecule has 2 amide bonds. The fourth-order valence-electron chi connectivity index (χ4n) is 3.13. The van der Waals surface area contributed by atoms with E-state index in [2.05, 4.69) is 10.3 Å². The van der Waals surface area contributed by atoms with Crippen LogP contribution in [0.15, 0.2) is 59.5 Å². The van der Waals surface area contributed by atoms with Gasteiger partial charge in [0.05, 0.1) is 5.69 Å². The van der Waals surface area contributed by atoms with Crippen molar-refractivity contribution < 1.29 is 9.59 Å². The van der Waals surface area contributed by atoms with Crippen molar-refractivity contribution in [2.24, 2.45) is 0 Å². The Bertz CT molecular complexity index is 1060. The van der Waals surface area contributed by atoms with E-state index in [1.54, 1.807) is 59.6 Å². The monoisotopic (exact) mass is 392 g/mol. The van der Waals surface area contributed by atoms with Gasteiger partial charge < -0.3 is 15.2 Å². The SMILES string of the molecule is CCN(CC)C(=O)c1ccc(NC(=O)c2ccc(-n3c(C)c[nH]c3=O)cc2)cc1. The molecule has 29 heavy (non-hydrogen) atoms. The normalized spacial score (nSPS) is 10.6. The number of nitrogens with zero attached hydrogens (tertiary/aromatic N) is 2. The third kappa shape index (κ3) is 4.29. The van der Waals surface area contributed by atoms with Crippen LogP contribution in [0.25, 0.3) is 5.69 Å². The van der Waals surface area contributed by atoms with E-state index in [1.807, 2.05) is 20.8 Å². The summed E-state index contributed by atoms with van der Waals surface area (Å²) >= 11 is 0. The van der Waals surface area contributed by atoms with E-state index in [1.165, 1.54) is 4.57 Å². The van der Waals surface area contributed by atoms with Gasteiger partial charge in [-0.3, -0.25) is 14.2 Å². The number of aromatic nitrogens is 2. The third-order valence-corrected chi connectivity index (χ3v) is 4.79. The first kappa shape index (κ1) is 20.1. The summed E-state index contributed by atoms with van der Waals surface area (Å²) in [5, 5.41) is 2.82. The fraction of sp³-hybridized carbons (Fsp3) is 0.227. The van der Waals surface area contributed by atoms with Crippen LogP contribution >= 0.6 is 0 Å². The standard InChI is InChI=1S/C22H24N4O3/c1-4-25(5-2)21(28)17-6-10-18(11-7-17)24-20(27)16-8-12-19(13-9-16)26-15(3)14-23-22(26)29/h6-14H,4-5H2,1-3H3,(H,23,29)(H,24,27). The van der Waals surface area contributed by atoms with Crippen molar-refractivity contribution in [1.82, 2.24) is 14.5 Å². The molecular weight excluding hydrogens is 368 g/mol. The number of anilines is 1. The highest BCUT2D eigenvalue weighted by molar-refractivity contribution is 6.04. The second-order valence-electron chi connectivity index (χ2n) is 6.63. The minimum Gasteiger partial charge on any atom is -0.339 e. The molecule has 0 radical (unpaired) electrons. The van der Waals surface area contributed by atoms with E-state index in [9.17, 15) is 14.4 Å². The zero-order valence-corrected chi connectivity index (χ0v) is 16.7. The molecule has 0 atom stereocenters. The number of hydrogen-bond acceptors (Lipinski definition) is 3. The van der Waals surface area contributed by atoms with Crippen molar-refractivity contribution in [1.29, 1.82) is 0 Å². The molecule has 0 aliphatic heterocycles. The zero-order chi connectivity index (χ0) is 21.0. The highest BCUT2D eigenvalue weighted by atomic mass is 16.2. The van der Waals surface area contributed by atoms with Gasteiger partial charge in [-0.2, -0.15) is 0 Å². The van der Waals surface area contributed by atoms with Gasteiger partial charge in [0.1, 0.15) is 0 Å². The number of aromatic amines is 1. The predicted octanol–water partition coefficient (Wildman–Crippen LogP) is 3.21. The number of amides is 2. The highest BCUT2D eigenvalue weighted by Gasteiger charge is 2.13. The number of imidazole rings is 1. The molecule has 3 rings (SSSR count). The molecule has 0 fully saturated rings. The van der Waals surface area contributed by atoms with Gasteiger partial charge in [-0.05, 0) is 69.3 Å². The summed E-state index contributed by atoms with van der Waals surface area (Å²) < 4.78 is 1.54. The molecule has 0 spiro atoms. The highest BCUT2D eigenvalue weighted by Crippen LogP contribution is 2.15. The minimum atomic E-state index is -0.266. The van der Waals surface area contributed by atoms with Crippen LogP contribution in [0, 0.1) is 6.92 Å². The van der Waals surface area contributed by atoms with Gasteiger partial charge in [-0.1, -0.05) is 0 Å². The van der Waals surface area contributed by atoms with Crippen LogP contribution in [-0.2, 0) is 0 Å². The van der Waals surface area contributed by atoms with Crippen molar-refractivity contribution in [3.05, 3.63) is 82.0 Å². The predicted molar refractivity (Wildman–Crippen MR) is 113 cm³/mol. The Morgan fingerprint density at radius 3 is 2.07 bits per heavy atom. The summed E-state index contributed by atoms with van der Waals surface area (Å²) in [6, 6.07) is 13.6. The Labute approximate surface area is 169 Å². The number of nitrogens with one attached hydrogen (secondary N) is 2. The van der Waals surface area contributed by atoms with Crippen molar-refractivity contribution in [2.75, 3.05) is 18.4 Å². The van der Waals surface area contributed by atoms with Gasteiger partial charge >= 0.3 is 5.69 Å². The first-order chi connectivity index (χ1) is 13.9. The molecule has 0 saturated carbocycles. The Kier molecular flexibility index (Phi) is 5.97. The summed E-state index contributed by atoms with van der Waals surface area (Å²) in [7, 11) is 0. The molecular formula is C22H24N4O3. The van der Waals surface area contributed by atoms with Gasteiger partial charge in [0.2, 0.25) is 0 Å². The lowest BCUT2D eigenvalue weighted by Gasteiger charge is -2.18. The van der Waals surface area contributed by atoms with Crippen molar-refractivity contribution >= 4 is 17.5 Å².